The molecular formula is C14H13Br2NO. The van der Waals surface area contributed by atoms with Gasteiger partial charge in [-0.05, 0) is 18.2 Å². The smallest absolute Gasteiger partial charge is 0.125 e. The second-order valence-corrected chi connectivity index (χ2v) is 5.51. The maximum Gasteiger partial charge on any atom is 0.125 e. The number of benzene rings is 2. The second kappa shape index (κ2) is 6.36. The van der Waals surface area contributed by atoms with Crippen LogP contribution < -0.4 is 10.5 Å². The first-order chi connectivity index (χ1) is 8.72. The molecule has 4 heteroatoms. The third-order valence-electron chi connectivity index (χ3n) is 2.62. The molecule has 0 aliphatic heterocycles. The Morgan fingerprint density at radius 2 is 1.67 bits per heavy atom. The van der Waals surface area contributed by atoms with E-state index in [4.69, 9.17) is 10.5 Å². The molecular weight excluding hydrogens is 358 g/mol. The highest BCUT2D eigenvalue weighted by atomic mass is 79.9. The first-order valence-corrected chi connectivity index (χ1v) is 7.14. The first kappa shape index (κ1) is 13.6. The lowest BCUT2D eigenvalue weighted by molar-refractivity contribution is 0.302. The summed E-state index contributed by atoms with van der Waals surface area (Å²) in [5.41, 5.74) is 7.83. The predicted octanol–water partition coefficient (Wildman–Crippen LogP) is 4.25. The third kappa shape index (κ3) is 3.13. The van der Waals surface area contributed by atoms with E-state index in [0.29, 0.717) is 13.2 Å². The van der Waals surface area contributed by atoms with Gasteiger partial charge < -0.3 is 10.5 Å². The Labute approximate surface area is 123 Å². The van der Waals surface area contributed by atoms with Crippen molar-refractivity contribution in [1.29, 1.82) is 0 Å². The number of halogens is 2. The fourth-order valence-electron chi connectivity index (χ4n) is 1.64. The van der Waals surface area contributed by atoms with Crippen molar-refractivity contribution in [1.82, 2.24) is 0 Å². The third-order valence-corrected chi connectivity index (χ3v) is 4.14. The molecule has 0 aliphatic carbocycles. The van der Waals surface area contributed by atoms with Crippen LogP contribution in [0.4, 0.5) is 0 Å². The molecule has 0 atom stereocenters. The zero-order valence-electron chi connectivity index (χ0n) is 9.70. The van der Waals surface area contributed by atoms with E-state index in [0.717, 1.165) is 25.8 Å². The molecule has 0 aliphatic rings. The molecule has 2 aromatic rings. The standard InChI is InChI=1S/C14H13Br2NO/c15-12-5-2-1-4-10(12)9-18-14-7-3-6-13(16)11(14)8-17/h1-7H,8-9,17H2. The lowest BCUT2D eigenvalue weighted by Crippen LogP contribution is -2.03. The van der Waals surface area contributed by atoms with Gasteiger partial charge in [-0.3, -0.25) is 0 Å². The van der Waals surface area contributed by atoms with Crippen molar-refractivity contribution in [3.8, 4) is 5.75 Å². The number of nitrogens with two attached hydrogens (primary N) is 1. The normalized spacial score (nSPS) is 10.4. The molecule has 94 valence electrons. The maximum atomic E-state index is 5.84. The summed E-state index contributed by atoms with van der Waals surface area (Å²) < 4.78 is 7.87. The summed E-state index contributed by atoms with van der Waals surface area (Å²) in [6.45, 7) is 0.970. The van der Waals surface area contributed by atoms with Gasteiger partial charge in [-0.1, -0.05) is 56.1 Å². The van der Waals surface area contributed by atoms with Crippen molar-refractivity contribution in [3.05, 3.63) is 62.5 Å². The lowest BCUT2D eigenvalue weighted by atomic mass is 10.2. The molecule has 2 N–H and O–H groups in total. The molecule has 18 heavy (non-hydrogen) atoms. The molecule has 0 saturated heterocycles. The van der Waals surface area contributed by atoms with E-state index in [1.165, 1.54) is 0 Å². The summed E-state index contributed by atoms with van der Waals surface area (Å²) in [7, 11) is 0. The highest BCUT2D eigenvalue weighted by Gasteiger charge is 2.07. The van der Waals surface area contributed by atoms with Gasteiger partial charge in [-0.25, -0.2) is 0 Å². The minimum Gasteiger partial charge on any atom is -0.488 e. The van der Waals surface area contributed by atoms with E-state index in [2.05, 4.69) is 31.9 Å². The number of ether oxygens (including phenoxy) is 1. The van der Waals surface area contributed by atoms with Gasteiger partial charge >= 0.3 is 0 Å². The minimum absolute atomic E-state index is 0.451. The Bertz CT molecular complexity index is 543. The van der Waals surface area contributed by atoms with Crippen molar-refractivity contribution in [3.63, 3.8) is 0 Å². The van der Waals surface area contributed by atoms with Crippen molar-refractivity contribution < 1.29 is 4.74 Å². The average Bonchev–Trinajstić information content (AvgIpc) is 2.38. The Kier molecular flexibility index (Phi) is 4.80. The lowest BCUT2D eigenvalue weighted by Gasteiger charge is -2.12. The van der Waals surface area contributed by atoms with Crippen LogP contribution in [-0.2, 0) is 13.2 Å². The summed E-state index contributed by atoms with van der Waals surface area (Å²) in [4.78, 5) is 0. The summed E-state index contributed by atoms with van der Waals surface area (Å²) in [6, 6.07) is 13.9. The summed E-state index contributed by atoms with van der Waals surface area (Å²) in [6.07, 6.45) is 0. The summed E-state index contributed by atoms with van der Waals surface area (Å²) >= 11 is 6.98. The molecule has 0 bridgehead atoms. The molecule has 0 aromatic heterocycles. The van der Waals surface area contributed by atoms with Gasteiger partial charge in [0, 0.05) is 26.6 Å². The van der Waals surface area contributed by atoms with Gasteiger partial charge in [-0.2, -0.15) is 0 Å². The van der Waals surface area contributed by atoms with Crippen LogP contribution >= 0.6 is 31.9 Å². The first-order valence-electron chi connectivity index (χ1n) is 5.56. The highest BCUT2D eigenvalue weighted by molar-refractivity contribution is 9.10. The predicted molar refractivity (Wildman–Crippen MR) is 80.5 cm³/mol. The van der Waals surface area contributed by atoms with Gasteiger partial charge in [0.2, 0.25) is 0 Å². The van der Waals surface area contributed by atoms with Gasteiger partial charge in [0.1, 0.15) is 12.4 Å². The SMILES string of the molecule is NCc1c(Br)cccc1OCc1ccccc1Br. The van der Waals surface area contributed by atoms with E-state index in [9.17, 15) is 0 Å². The molecule has 0 heterocycles. The van der Waals surface area contributed by atoms with E-state index in [1.54, 1.807) is 0 Å². The van der Waals surface area contributed by atoms with Crippen molar-refractivity contribution in [2.75, 3.05) is 0 Å². The largest absolute Gasteiger partial charge is 0.488 e. The Balaban J connectivity index is 2.16. The number of hydrogen-bond donors (Lipinski definition) is 1. The van der Waals surface area contributed by atoms with Crippen molar-refractivity contribution >= 4 is 31.9 Å². The fourth-order valence-corrected chi connectivity index (χ4v) is 2.55. The van der Waals surface area contributed by atoms with Crippen molar-refractivity contribution in [2.24, 2.45) is 5.73 Å². The van der Waals surface area contributed by atoms with Crippen LogP contribution in [0.1, 0.15) is 11.1 Å². The molecule has 0 radical (unpaired) electrons. The molecule has 2 nitrogen and oxygen atoms in total. The monoisotopic (exact) mass is 369 g/mol. The number of rotatable bonds is 4. The molecule has 0 spiro atoms. The second-order valence-electron chi connectivity index (χ2n) is 3.80. The highest BCUT2D eigenvalue weighted by Crippen LogP contribution is 2.27. The van der Waals surface area contributed by atoms with Gasteiger partial charge in [0.15, 0.2) is 0 Å². The van der Waals surface area contributed by atoms with E-state index >= 15 is 0 Å². The number of hydrogen-bond acceptors (Lipinski definition) is 2. The van der Waals surface area contributed by atoms with Crippen LogP contribution in [0.15, 0.2) is 51.4 Å². The quantitative estimate of drug-likeness (QED) is 0.873. The van der Waals surface area contributed by atoms with E-state index < -0.39 is 0 Å². The Morgan fingerprint density at radius 1 is 0.944 bits per heavy atom. The Morgan fingerprint density at radius 3 is 2.39 bits per heavy atom. The van der Waals surface area contributed by atoms with Gasteiger partial charge in [0.25, 0.3) is 0 Å². The summed E-state index contributed by atoms with van der Waals surface area (Å²) in [5, 5.41) is 0. The zero-order chi connectivity index (χ0) is 13.0. The van der Waals surface area contributed by atoms with Crippen LogP contribution in [0.5, 0.6) is 5.75 Å². The van der Waals surface area contributed by atoms with Gasteiger partial charge in [-0.15, -0.1) is 0 Å². The maximum absolute atomic E-state index is 5.84. The van der Waals surface area contributed by atoms with Gasteiger partial charge in [0.05, 0.1) is 0 Å². The Hall–Kier alpha value is -0.840. The molecule has 0 unspecified atom stereocenters. The summed E-state index contributed by atoms with van der Waals surface area (Å²) in [5.74, 6) is 0.822. The average molecular weight is 371 g/mol. The van der Waals surface area contributed by atoms with Crippen LogP contribution in [0.3, 0.4) is 0 Å². The van der Waals surface area contributed by atoms with Crippen molar-refractivity contribution in [2.45, 2.75) is 13.2 Å². The zero-order valence-corrected chi connectivity index (χ0v) is 12.9. The topological polar surface area (TPSA) is 35.2 Å². The fraction of sp³-hybridized carbons (Fsp3) is 0.143. The van der Waals surface area contributed by atoms with Crippen LogP contribution in [-0.4, -0.2) is 0 Å². The molecule has 0 saturated carbocycles. The minimum atomic E-state index is 0.451. The van der Waals surface area contributed by atoms with Crippen LogP contribution in [0.2, 0.25) is 0 Å². The molecule has 2 rings (SSSR count). The molecule has 0 fully saturated rings. The molecule has 0 amide bonds. The van der Waals surface area contributed by atoms with Crippen LogP contribution in [0, 0.1) is 0 Å². The van der Waals surface area contributed by atoms with Crippen LogP contribution in [0.25, 0.3) is 0 Å². The molecule has 2 aromatic carbocycles. The van der Waals surface area contributed by atoms with E-state index in [1.807, 2.05) is 42.5 Å². The van der Waals surface area contributed by atoms with E-state index in [-0.39, 0.29) is 0 Å².